The molecule has 1 aromatic carbocycles. The highest BCUT2D eigenvalue weighted by Gasteiger charge is 2.16. The predicted molar refractivity (Wildman–Crippen MR) is 111 cm³/mol. The number of carbonyl (C=O) groups excluding carboxylic acids is 2. The summed E-state index contributed by atoms with van der Waals surface area (Å²) in [6.45, 7) is 8.34. The van der Waals surface area contributed by atoms with E-state index in [-0.39, 0.29) is 12.5 Å². The van der Waals surface area contributed by atoms with Gasteiger partial charge in [-0.05, 0) is 39.8 Å². The van der Waals surface area contributed by atoms with Gasteiger partial charge in [0.15, 0.2) is 0 Å². The third kappa shape index (κ3) is 4.51. The quantitative estimate of drug-likeness (QED) is 0.511. The van der Waals surface area contributed by atoms with Crippen molar-refractivity contribution < 1.29 is 14.3 Å². The van der Waals surface area contributed by atoms with Crippen molar-refractivity contribution >= 4 is 22.8 Å². The highest BCUT2D eigenvalue weighted by molar-refractivity contribution is 6.08. The first-order valence-corrected chi connectivity index (χ1v) is 9.53. The van der Waals surface area contributed by atoms with Crippen LogP contribution in [0.25, 0.3) is 22.2 Å². The average molecular weight is 392 g/mol. The zero-order chi connectivity index (χ0) is 21.0. The summed E-state index contributed by atoms with van der Waals surface area (Å²) in [6, 6.07) is 9.24. The first-order chi connectivity index (χ1) is 13.9. The van der Waals surface area contributed by atoms with E-state index in [0.29, 0.717) is 22.5 Å². The number of nitrogens with zero attached hydrogens (tertiary/aromatic N) is 3. The molecule has 1 N–H and O–H groups in total. The van der Waals surface area contributed by atoms with Crippen molar-refractivity contribution in [2.24, 2.45) is 0 Å². The van der Waals surface area contributed by atoms with Crippen LogP contribution in [0.5, 0.6) is 0 Å². The Morgan fingerprint density at radius 1 is 1.24 bits per heavy atom. The number of para-hydroxylation sites is 1. The normalized spacial score (nSPS) is 11.5. The average Bonchev–Trinajstić information content (AvgIpc) is 3.08. The van der Waals surface area contributed by atoms with Crippen LogP contribution < -0.4 is 5.32 Å². The van der Waals surface area contributed by atoms with Crippen LogP contribution in [0, 0.1) is 6.92 Å². The van der Waals surface area contributed by atoms with Crippen LogP contribution in [0.3, 0.4) is 0 Å². The van der Waals surface area contributed by atoms with E-state index in [4.69, 9.17) is 9.72 Å². The van der Waals surface area contributed by atoms with Crippen LogP contribution in [0.1, 0.15) is 36.8 Å². The van der Waals surface area contributed by atoms with Crippen molar-refractivity contribution in [1.29, 1.82) is 0 Å². The lowest BCUT2D eigenvalue weighted by Crippen LogP contribution is -2.23. The summed E-state index contributed by atoms with van der Waals surface area (Å²) in [5.74, 6) is -0.809. The number of rotatable bonds is 6. The van der Waals surface area contributed by atoms with Gasteiger partial charge < -0.3 is 10.1 Å². The van der Waals surface area contributed by atoms with Crippen molar-refractivity contribution in [2.75, 3.05) is 6.61 Å². The third-order valence-corrected chi connectivity index (χ3v) is 4.44. The molecule has 2 aromatic heterocycles. The Hall–Kier alpha value is -3.48. The molecule has 0 aliphatic heterocycles. The SMILES string of the molecule is CCOC(=O)/C=C(\C)NC(=O)c1cc(-c2cn(CC)nc2C)nc2ccccc12. The molecule has 1 amide bonds. The molecule has 0 saturated carbocycles. The van der Waals surface area contributed by atoms with E-state index in [0.717, 1.165) is 23.2 Å². The van der Waals surface area contributed by atoms with Crippen LogP contribution >= 0.6 is 0 Å². The van der Waals surface area contributed by atoms with Crippen LogP contribution in [0.4, 0.5) is 0 Å². The molecule has 0 fully saturated rings. The number of hydrogen-bond donors (Lipinski definition) is 1. The Bertz CT molecular complexity index is 1100. The van der Waals surface area contributed by atoms with E-state index in [2.05, 4.69) is 10.4 Å². The molecular weight excluding hydrogens is 368 g/mol. The highest BCUT2D eigenvalue weighted by Crippen LogP contribution is 2.27. The first kappa shape index (κ1) is 20.3. The second kappa shape index (κ2) is 8.68. The molecule has 0 saturated heterocycles. The van der Waals surface area contributed by atoms with Gasteiger partial charge in [0, 0.05) is 35.5 Å². The van der Waals surface area contributed by atoms with E-state index in [1.165, 1.54) is 6.08 Å². The van der Waals surface area contributed by atoms with E-state index in [1.807, 2.05) is 49.0 Å². The number of allylic oxidation sites excluding steroid dienone is 1. The van der Waals surface area contributed by atoms with Gasteiger partial charge in [0.1, 0.15) is 0 Å². The van der Waals surface area contributed by atoms with Crippen molar-refractivity contribution in [1.82, 2.24) is 20.1 Å². The monoisotopic (exact) mass is 392 g/mol. The number of benzene rings is 1. The summed E-state index contributed by atoms with van der Waals surface area (Å²) < 4.78 is 6.73. The van der Waals surface area contributed by atoms with Gasteiger partial charge in [0.05, 0.1) is 29.1 Å². The molecule has 0 aliphatic rings. The molecule has 0 spiro atoms. The van der Waals surface area contributed by atoms with Crippen LogP contribution in [0.2, 0.25) is 0 Å². The van der Waals surface area contributed by atoms with E-state index >= 15 is 0 Å². The minimum absolute atomic E-state index is 0.277. The maximum atomic E-state index is 13.0. The smallest absolute Gasteiger partial charge is 0.332 e. The van der Waals surface area contributed by atoms with E-state index < -0.39 is 5.97 Å². The Morgan fingerprint density at radius 3 is 2.69 bits per heavy atom. The first-order valence-electron chi connectivity index (χ1n) is 9.53. The fourth-order valence-corrected chi connectivity index (χ4v) is 3.08. The Kier molecular flexibility index (Phi) is 6.07. The third-order valence-electron chi connectivity index (χ3n) is 4.44. The molecule has 0 unspecified atom stereocenters. The minimum Gasteiger partial charge on any atom is -0.463 e. The molecule has 150 valence electrons. The summed E-state index contributed by atoms with van der Waals surface area (Å²) in [5, 5.41) is 7.97. The molecule has 0 radical (unpaired) electrons. The van der Waals surface area contributed by atoms with Crippen LogP contribution in [-0.4, -0.2) is 33.2 Å². The van der Waals surface area contributed by atoms with Crippen molar-refractivity contribution in [3.63, 3.8) is 0 Å². The molecule has 0 bridgehead atoms. The fourth-order valence-electron chi connectivity index (χ4n) is 3.08. The Labute approximate surface area is 169 Å². The molecule has 3 rings (SSSR count). The van der Waals surface area contributed by atoms with Gasteiger partial charge in [-0.2, -0.15) is 5.10 Å². The summed E-state index contributed by atoms with van der Waals surface area (Å²) in [6.07, 6.45) is 3.20. The second-order valence-corrected chi connectivity index (χ2v) is 6.59. The highest BCUT2D eigenvalue weighted by atomic mass is 16.5. The predicted octanol–water partition coefficient (Wildman–Crippen LogP) is 3.62. The van der Waals surface area contributed by atoms with E-state index in [9.17, 15) is 9.59 Å². The molecular formula is C22H24N4O3. The number of fused-ring (bicyclic) bond motifs is 1. The number of aromatic nitrogens is 3. The maximum Gasteiger partial charge on any atom is 0.332 e. The number of ether oxygens (including phenoxy) is 1. The van der Waals surface area contributed by atoms with Crippen LogP contribution in [-0.2, 0) is 16.1 Å². The fraction of sp³-hybridized carbons (Fsp3) is 0.273. The lowest BCUT2D eigenvalue weighted by atomic mass is 10.0. The number of esters is 1. The molecule has 2 heterocycles. The van der Waals surface area contributed by atoms with Gasteiger partial charge >= 0.3 is 5.97 Å². The lowest BCUT2D eigenvalue weighted by Gasteiger charge is -2.10. The number of amides is 1. The van der Waals surface area contributed by atoms with Gasteiger partial charge in [0.2, 0.25) is 0 Å². The molecule has 7 heteroatoms. The number of nitrogens with one attached hydrogen (secondary N) is 1. The van der Waals surface area contributed by atoms with Gasteiger partial charge in [-0.15, -0.1) is 0 Å². The molecule has 3 aromatic rings. The van der Waals surface area contributed by atoms with Gasteiger partial charge in [0.25, 0.3) is 5.91 Å². The molecule has 0 aliphatic carbocycles. The van der Waals surface area contributed by atoms with Gasteiger partial charge in [-0.25, -0.2) is 9.78 Å². The number of aryl methyl sites for hydroxylation is 2. The standard InChI is InChI=1S/C22H24N4O3/c1-5-26-13-18(15(4)25-26)20-12-17(16-9-7-8-10-19(16)24-20)22(28)23-14(3)11-21(27)29-6-2/h7-13H,5-6H2,1-4H3,(H,23,28)/b14-11+. The van der Waals surface area contributed by atoms with Gasteiger partial charge in [-0.3, -0.25) is 9.48 Å². The van der Waals surface area contributed by atoms with Crippen LogP contribution in [0.15, 0.2) is 48.3 Å². The van der Waals surface area contributed by atoms with Crippen molar-refractivity contribution in [3.05, 3.63) is 59.6 Å². The maximum absolute atomic E-state index is 13.0. The zero-order valence-electron chi connectivity index (χ0n) is 17.0. The topological polar surface area (TPSA) is 86.1 Å². The minimum atomic E-state index is -0.492. The zero-order valence-corrected chi connectivity index (χ0v) is 17.0. The molecule has 7 nitrogen and oxygen atoms in total. The summed E-state index contributed by atoms with van der Waals surface area (Å²) in [5.41, 5.74) is 4.01. The number of carbonyl (C=O) groups is 2. The van der Waals surface area contributed by atoms with Crippen molar-refractivity contribution in [3.8, 4) is 11.3 Å². The second-order valence-electron chi connectivity index (χ2n) is 6.59. The summed E-state index contributed by atoms with van der Waals surface area (Å²) in [4.78, 5) is 29.3. The number of hydrogen-bond acceptors (Lipinski definition) is 5. The summed E-state index contributed by atoms with van der Waals surface area (Å²) >= 11 is 0. The van der Waals surface area contributed by atoms with Crippen molar-refractivity contribution in [2.45, 2.75) is 34.2 Å². The Morgan fingerprint density at radius 2 is 2.00 bits per heavy atom. The molecule has 29 heavy (non-hydrogen) atoms. The Balaban J connectivity index is 2.03. The largest absolute Gasteiger partial charge is 0.463 e. The summed E-state index contributed by atoms with van der Waals surface area (Å²) in [7, 11) is 0. The van der Waals surface area contributed by atoms with E-state index in [1.54, 1.807) is 19.9 Å². The lowest BCUT2D eigenvalue weighted by molar-refractivity contribution is -0.137. The molecule has 0 atom stereocenters. The van der Waals surface area contributed by atoms with Gasteiger partial charge in [-0.1, -0.05) is 18.2 Å². The number of pyridine rings is 1.